The summed E-state index contributed by atoms with van der Waals surface area (Å²) in [6, 6.07) is 2.01. The van der Waals surface area contributed by atoms with Crippen LogP contribution in [0.5, 0.6) is 0 Å². The predicted octanol–water partition coefficient (Wildman–Crippen LogP) is 3.37. The smallest absolute Gasteiger partial charge is 0.306 e. The molecule has 1 aromatic carbocycles. The highest BCUT2D eigenvalue weighted by Crippen LogP contribution is 2.28. The van der Waals surface area contributed by atoms with Crippen molar-refractivity contribution < 1.29 is 28.9 Å². The second kappa shape index (κ2) is 10.8. The first-order chi connectivity index (χ1) is 12.8. The number of ether oxygens (including phenoxy) is 2. The quantitative estimate of drug-likeness (QED) is 0.246. The lowest BCUT2D eigenvalue weighted by molar-refractivity contribution is -0.394. The fourth-order valence-electron chi connectivity index (χ4n) is 2.20. The molecule has 0 amide bonds. The summed E-state index contributed by atoms with van der Waals surface area (Å²) in [5.74, 6) is -0.994. The van der Waals surface area contributed by atoms with Gasteiger partial charge in [0.1, 0.15) is 6.61 Å². The van der Waals surface area contributed by atoms with Crippen molar-refractivity contribution in [2.75, 3.05) is 6.61 Å². The minimum atomic E-state index is -0.748. The number of carbonyl (C=O) groups is 2. The Balaban J connectivity index is 2.57. The van der Waals surface area contributed by atoms with Gasteiger partial charge in [0, 0.05) is 30.0 Å². The average molecular weight is 382 g/mol. The van der Waals surface area contributed by atoms with Gasteiger partial charge in [-0.05, 0) is 19.8 Å². The molecular formula is C17H22N2O8. The van der Waals surface area contributed by atoms with Crippen LogP contribution >= 0.6 is 0 Å². The number of unbranched alkanes of at least 4 members (excludes halogenated alkanes) is 1. The SMILES string of the molecule is CCCCOC(=O)CCCC(=O)OCc1cc([N+](=O)[O-])cc([N+](=O)[O-])c1C. The molecule has 10 nitrogen and oxygen atoms in total. The molecule has 0 aliphatic rings. The number of nitro benzene ring substituents is 2. The number of carbonyl (C=O) groups excluding carboxylic acids is 2. The number of rotatable bonds is 11. The summed E-state index contributed by atoms with van der Waals surface area (Å²) in [4.78, 5) is 43.6. The van der Waals surface area contributed by atoms with Crippen LogP contribution in [0.15, 0.2) is 12.1 Å². The van der Waals surface area contributed by atoms with Crippen LogP contribution in [0.4, 0.5) is 11.4 Å². The van der Waals surface area contributed by atoms with Crippen LogP contribution in [0.25, 0.3) is 0 Å². The van der Waals surface area contributed by atoms with Gasteiger partial charge < -0.3 is 9.47 Å². The van der Waals surface area contributed by atoms with Gasteiger partial charge in [0.2, 0.25) is 0 Å². The molecule has 0 aliphatic heterocycles. The zero-order chi connectivity index (χ0) is 20.4. The summed E-state index contributed by atoms with van der Waals surface area (Å²) in [6.45, 7) is 3.43. The van der Waals surface area contributed by atoms with E-state index in [9.17, 15) is 29.8 Å². The number of nitrogens with zero attached hydrogens (tertiary/aromatic N) is 2. The highest BCUT2D eigenvalue weighted by molar-refractivity contribution is 5.72. The van der Waals surface area contributed by atoms with Crippen molar-refractivity contribution in [2.45, 2.75) is 52.6 Å². The number of hydrogen-bond acceptors (Lipinski definition) is 8. The standard InChI is InChI=1S/C17H22N2O8/c1-3-4-8-26-16(20)6-5-7-17(21)27-11-13-9-14(18(22)23)10-15(12(13)2)19(24)25/h9-10H,3-8,11H2,1-2H3. The summed E-state index contributed by atoms with van der Waals surface area (Å²) in [7, 11) is 0. The Bertz CT molecular complexity index is 717. The van der Waals surface area contributed by atoms with Crippen LogP contribution in [-0.2, 0) is 25.7 Å². The fraction of sp³-hybridized carbons (Fsp3) is 0.529. The third-order valence-corrected chi connectivity index (χ3v) is 3.79. The van der Waals surface area contributed by atoms with Gasteiger partial charge in [-0.25, -0.2) is 0 Å². The molecule has 0 fully saturated rings. The Morgan fingerprint density at radius 1 is 1.00 bits per heavy atom. The molecule has 0 saturated heterocycles. The lowest BCUT2D eigenvalue weighted by Crippen LogP contribution is -2.09. The van der Waals surface area contributed by atoms with Crippen molar-refractivity contribution in [2.24, 2.45) is 0 Å². The molecule has 0 spiro atoms. The van der Waals surface area contributed by atoms with Crippen molar-refractivity contribution in [1.29, 1.82) is 0 Å². The van der Waals surface area contributed by atoms with Crippen LogP contribution in [0, 0.1) is 27.2 Å². The Kier molecular flexibility index (Phi) is 8.83. The molecule has 0 aliphatic carbocycles. The Labute approximate surface area is 155 Å². The lowest BCUT2D eigenvalue weighted by Gasteiger charge is -2.08. The van der Waals surface area contributed by atoms with E-state index in [1.54, 1.807) is 0 Å². The van der Waals surface area contributed by atoms with Crippen LogP contribution in [0.2, 0.25) is 0 Å². The van der Waals surface area contributed by atoms with Crippen LogP contribution < -0.4 is 0 Å². The third-order valence-electron chi connectivity index (χ3n) is 3.79. The van der Waals surface area contributed by atoms with Crippen LogP contribution in [0.1, 0.15) is 50.2 Å². The van der Waals surface area contributed by atoms with Crippen molar-refractivity contribution in [1.82, 2.24) is 0 Å². The molecular weight excluding hydrogens is 360 g/mol. The number of hydrogen-bond donors (Lipinski definition) is 0. The Morgan fingerprint density at radius 2 is 1.63 bits per heavy atom. The molecule has 1 rings (SSSR count). The lowest BCUT2D eigenvalue weighted by atomic mass is 10.1. The zero-order valence-electron chi connectivity index (χ0n) is 15.3. The summed E-state index contributed by atoms with van der Waals surface area (Å²) < 4.78 is 9.98. The number of esters is 2. The van der Waals surface area contributed by atoms with Gasteiger partial charge in [0.25, 0.3) is 11.4 Å². The van der Waals surface area contributed by atoms with Gasteiger partial charge in [-0.2, -0.15) is 0 Å². The van der Waals surface area contributed by atoms with E-state index in [1.807, 2.05) is 6.92 Å². The van der Waals surface area contributed by atoms with Gasteiger partial charge >= 0.3 is 11.9 Å². The summed E-state index contributed by atoms with van der Waals surface area (Å²) in [5.41, 5.74) is -0.487. The largest absolute Gasteiger partial charge is 0.466 e. The fourth-order valence-corrected chi connectivity index (χ4v) is 2.20. The first kappa shape index (κ1) is 22.0. The van der Waals surface area contributed by atoms with Gasteiger partial charge in [0.05, 0.1) is 22.5 Å². The monoisotopic (exact) mass is 382 g/mol. The Morgan fingerprint density at radius 3 is 2.19 bits per heavy atom. The van der Waals surface area contributed by atoms with E-state index in [4.69, 9.17) is 9.47 Å². The van der Waals surface area contributed by atoms with E-state index in [2.05, 4.69) is 0 Å². The maximum absolute atomic E-state index is 11.8. The van der Waals surface area contributed by atoms with Gasteiger partial charge in [-0.3, -0.25) is 29.8 Å². The molecule has 1 aromatic rings. The maximum Gasteiger partial charge on any atom is 0.306 e. The highest BCUT2D eigenvalue weighted by Gasteiger charge is 2.22. The summed E-state index contributed by atoms with van der Waals surface area (Å²) in [5, 5.41) is 21.9. The summed E-state index contributed by atoms with van der Waals surface area (Å²) >= 11 is 0. The van der Waals surface area contributed by atoms with E-state index < -0.39 is 27.2 Å². The molecule has 0 heterocycles. The predicted molar refractivity (Wildman–Crippen MR) is 94.0 cm³/mol. The van der Waals surface area contributed by atoms with Gasteiger partial charge in [-0.1, -0.05) is 13.3 Å². The topological polar surface area (TPSA) is 139 Å². The Hall–Kier alpha value is -3.04. The van der Waals surface area contributed by atoms with E-state index in [1.165, 1.54) is 6.92 Å². The first-order valence-electron chi connectivity index (χ1n) is 8.49. The number of nitro groups is 2. The van der Waals surface area contributed by atoms with Crippen molar-refractivity contribution in [3.8, 4) is 0 Å². The molecule has 148 valence electrons. The minimum absolute atomic E-state index is 0.0288. The van der Waals surface area contributed by atoms with Gasteiger partial charge in [0.15, 0.2) is 0 Å². The molecule has 0 radical (unpaired) electrons. The molecule has 0 aromatic heterocycles. The number of benzene rings is 1. The molecule has 10 heteroatoms. The van der Waals surface area contributed by atoms with E-state index >= 15 is 0 Å². The normalized spacial score (nSPS) is 10.3. The minimum Gasteiger partial charge on any atom is -0.466 e. The second-order valence-electron chi connectivity index (χ2n) is 5.85. The van der Waals surface area contributed by atoms with E-state index in [-0.39, 0.29) is 43.0 Å². The van der Waals surface area contributed by atoms with E-state index in [0.717, 1.165) is 25.0 Å². The number of non-ortho nitro benzene ring substituents is 1. The molecule has 0 N–H and O–H groups in total. The second-order valence-corrected chi connectivity index (χ2v) is 5.85. The molecule has 0 bridgehead atoms. The molecule has 0 saturated carbocycles. The third kappa shape index (κ3) is 7.38. The van der Waals surface area contributed by atoms with Gasteiger partial charge in [-0.15, -0.1) is 0 Å². The van der Waals surface area contributed by atoms with Crippen molar-refractivity contribution in [3.05, 3.63) is 43.5 Å². The first-order valence-corrected chi connectivity index (χ1v) is 8.49. The van der Waals surface area contributed by atoms with Crippen LogP contribution in [0.3, 0.4) is 0 Å². The highest BCUT2D eigenvalue weighted by atomic mass is 16.6. The van der Waals surface area contributed by atoms with Crippen molar-refractivity contribution in [3.63, 3.8) is 0 Å². The molecule has 27 heavy (non-hydrogen) atoms. The molecule has 0 atom stereocenters. The van der Waals surface area contributed by atoms with Crippen molar-refractivity contribution >= 4 is 23.3 Å². The maximum atomic E-state index is 11.8. The summed E-state index contributed by atoms with van der Waals surface area (Å²) in [6.07, 6.45) is 1.99. The zero-order valence-corrected chi connectivity index (χ0v) is 15.3. The molecule has 0 unspecified atom stereocenters. The van der Waals surface area contributed by atoms with E-state index in [0.29, 0.717) is 6.61 Å². The average Bonchev–Trinajstić information content (AvgIpc) is 2.60. The van der Waals surface area contributed by atoms with Crippen LogP contribution in [-0.4, -0.2) is 28.4 Å².